The first-order chi connectivity index (χ1) is 9.33. The van der Waals surface area contributed by atoms with E-state index >= 15 is 0 Å². The first-order valence-corrected chi connectivity index (χ1v) is 7.48. The van der Waals surface area contributed by atoms with Gasteiger partial charge in [0.25, 0.3) is 0 Å². The van der Waals surface area contributed by atoms with Gasteiger partial charge in [-0.1, -0.05) is 0 Å². The third-order valence-corrected chi connectivity index (χ3v) is 3.55. The number of likely N-dealkylation sites (tertiary alicyclic amines) is 1. The largest absolute Gasteiger partial charge is 0.444 e. The molecular formula is C16H28N2O2. The van der Waals surface area contributed by atoms with Gasteiger partial charge in [-0.15, -0.1) is 12.3 Å². The van der Waals surface area contributed by atoms with Crippen LogP contribution < -0.4 is 5.32 Å². The van der Waals surface area contributed by atoms with Crippen molar-refractivity contribution >= 4 is 6.09 Å². The van der Waals surface area contributed by atoms with Gasteiger partial charge in [0.2, 0.25) is 0 Å². The molecule has 0 radical (unpaired) electrons. The molecule has 1 rings (SSSR count). The topological polar surface area (TPSA) is 41.6 Å². The summed E-state index contributed by atoms with van der Waals surface area (Å²) in [5, 5.41) is 3.44. The number of piperidine rings is 1. The molecule has 1 amide bonds. The Kier molecular flexibility index (Phi) is 6.35. The first-order valence-electron chi connectivity index (χ1n) is 7.48. The highest BCUT2D eigenvalue weighted by molar-refractivity contribution is 5.68. The third-order valence-electron chi connectivity index (χ3n) is 3.55. The molecule has 0 bridgehead atoms. The van der Waals surface area contributed by atoms with Crippen molar-refractivity contribution in [3.05, 3.63) is 0 Å². The van der Waals surface area contributed by atoms with E-state index in [1.807, 2.05) is 25.7 Å². The molecule has 0 saturated carbocycles. The van der Waals surface area contributed by atoms with Crippen molar-refractivity contribution in [3.63, 3.8) is 0 Å². The normalized spacial score (nSPS) is 21.1. The van der Waals surface area contributed by atoms with E-state index < -0.39 is 5.60 Å². The monoisotopic (exact) mass is 280 g/mol. The zero-order chi connectivity index (χ0) is 15.2. The molecule has 4 nitrogen and oxygen atoms in total. The van der Waals surface area contributed by atoms with Gasteiger partial charge in [0.05, 0.1) is 0 Å². The zero-order valence-electron chi connectivity index (χ0n) is 13.2. The SMILES string of the molecule is C#CCCNC(C)C1CCCN(C(=O)OC(C)(C)C)C1. The molecule has 2 unspecified atom stereocenters. The van der Waals surface area contributed by atoms with Crippen molar-refractivity contribution in [1.29, 1.82) is 0 Å². The molecule has 0 aromatic heterocycles. The van der Waals surface area contributed by atoms with Gasteiger partial charge in [-0.05, 0) is 46.5 Å². The van der Waals surface area contributed by atoms with Crippen molar-refractivity contribution in [3.8, 4) is 12.3 Å². The Balaban J connectivity index is 2.45. The summed E-state index contributed by atoms with van der Waals surface area (Å²) in [7, 11) is 0. The van der Waals surface area contributed by atoms with Crippen LogP contribution in [-0.4, -0.2) is 42.3 Å². The van der Waals surface area contributed by atoms with Crippen LogP contribution in [0, 0.1) is 18.3 Å². The smallest absolute Gasteiger partial charge is 0.410 e. The number of nitrogens with one attached hydrogen (secondary N) is 1. The number of hydrogen-bond donors (Lipinski definition) is 1. The lowest BCUT2D eigenvalue weighted by atomic mass is 9.91. The summed E-state index contributed by atoms with van der Waals surface area (Å²) in [6, 6.07) is 0.369. The Morgan fingerprint density at radius 3 is 2.85 bits per heavy atom. The molecule has 4 heteroatoms. The van der Waals surface area contributed by atoms with E-state index in [2.05, 4.69) is 18.2 Å². The summed E-state index contributed by atoms with van der Waals surface area (Å²) in [6.45, 7) is 10.3. The van der Waals surface area contributed by atoms with Gasteiger partial charge in [-0.3, -0.25) is 0 Å². The standard InChI is InChI=1S/C16H28N2O2/c1-6-7-10-17-13(2)14-9-8-11-18(12-14)15(19)20-16(3,4)5/h1,13-14,17H,7-12H2,2-5H3. The van der Waals surface area contributed by atoms with E-state index in [0.29, 0.717) is 12.0 Å². The van der Waals surface area contributed by atoms with Crippen molar-refractivity contribution in [2.75, 3.05) is 19.6 Å². The van der Waals surface area contributed by atoms with E-state index in [4.69, 9.17) is 11.2 Å². The molecule has 0 spiro atoms. The number of amides is 1. The van der Waals surface area contributed by atoms with Crippen molar-refractivity contribution in [2.24, 2.45) is 5.92 Å². The van der Waals surface area contributed by atoms with Crippen molar-refractivity contribution < 1.29 is 9.53 Å². The maximum atomic E-state index is 12.1. The summed E-state index contributed by atoms with van der Waals surface area (Å²) in [6.07, 6.45) is 7.98. The second-order valence-electron chi connectivity index (χ2n) is 6.53. The molecular weight excluding hydrogens is 252 g/mol. The van der Waals surface area contributed by atoms with Gasteiger partial charge in [-0.2, -0.15) is 0 Å². The maximum Gasteiger partial charge on any atom is 0.410 e. The summed E-state index contributed by atoms with van der Waals surface area (Å²) in [4.78, 5) is 13.9. The molecule has 1 heterocycles. The third kappa shape index (κ3) is 5.83. The predicted octanol–water partition coefficient (Wildman–Crippen LogP) is 2.63. The fourth-order valence-electron chi connectivity index (χ4n) is 2.45. The Bertz CT molecular complexity index is 354. The van der Waals surface area contributed by atoms with Crippen LogP contribution >= 0.6 is 0 Å². The molecule has 20 heavy (non-hydrogen) atoms. The summed E-state index contributed by atoms with van der Waals surface area (Å²) >= 11 is 0. The minimum absolute atomic E-state index is 0.196. The van der Waals surface area contributed by atoms with Crippen LogP contribution in [0.2, 0.25) is 0 Å². The second kappa shape index (κ2) is 7.54. The average Bonchev–Trinajstić information content (AvgIpc) is 2.37. The minimum Gasteiger partial charge on any atom is -0.444 e. The fraction of sp³-hybridized carbons (Fsp3) is 0.812. The zero-order valence-corrected chi connectivity index (χ0v) is 13.2. The quantitative estimate of drug-likeness (QED) is 0.636. The highest BCUT2D eigenvalue weighted by Gasteiger charge is 2.29. The molecule has 114 valence electrons. The average molecular weight is 280 g/mol. The highest BCUT2D eigenvalue weighted by atomic mass is 16.6. The fourth-order valence-corrected chi connectivity index (χ4v) is 2.45. The molecule has 1 aliphatic heterocycles. The van der Waals surface area contributed by atoms with Crippen LogP contribution in [0.1, 0.15) is 47.0 Å². The van der Waals surface area contributed by atoms with Gasteiger partial charge in [0, 0.05) is 32.1 Å². The number of nitrogens with zero attached hydrogens (tertiary/aromatic N) is 1. The van der Waals surface area contributed by atoms with E-state index in [1.165, 1.54) is 0 Å². The Morgan fingerprint density at radius 2 is 2.25 bits per heavy atom. The number of terminal acetylenes is 1. The molecule has 1 fully saturated rings. The lowest BCUT2D eigenvalue weighted by Gasteiger charge is -2.36. The summed E-state index contributed by atoms with van der Waals surface area (Å²) < 4.78 is 5.44. The first kappa shape index (κ1) is 16.8. The lowest BCUT2D eigenvalue weighted by molar-refractivity contribution is 0.0149. The number of carbonyl (C=O) groups is 1. The van der Waals surface area contributed by atoms with Gasteiger partial charge in [-0.25, -0.2) is 4.79 Å². The predicted molar refractivity (Wildman–Crippen MR) is 81.4 cm³/mol. The molecule has 1 N–H and O–H groups in total. The lowest BCUT2D eigenvalue weighted by Crippen LogP contribution is -2.48. The van der Waals surface area contributed by atoms with Crippen LogP contribution in [0.5, 0.6) is 0 Å². The second-order valence-corrected chi connectivity index (χ2v) is 6.53. The minimum atomic E-state index is -0.430. The molecule has 0 aliphatic carbocycles. The van der Waals surface area contributed by atoms with Crippen LogP contribution in [-0.2, 0) is 4.74 Å². The number of ether oxygens (including phenoxy) is 1. The van der Waals surface area contributed by atoms with E-state index in [9.17, 15) is 4.79 Å². The van der Waals surface area contributed by atoms with Crippen LogP contribution in [0.25, 0.3) is 0 Å². The van der Waals surface area contributed by atoms with Crippen molar-refractivity contribution in [1.82, 2.24) is 10.2 Å². The number of rotatable bonds is 4. The summed E-state index contributed by atoms with van der Waals surface area (Å²) in [5.41, 5.74) is -0.430. The highest BCUT2D eigenvalue weighted by Crippen LogP contribution is 2.21. The van der Waals surface area contributed by atoms with Crippen molar-refractivity contribution in [2.45, 2.75) is 58.6 Å². The van der Waals surface area contributed by atoms with Gasteiger partial charge < -0.3 is 15.0 Å². The molecule has 0 aromatic carbocycles. The Morgan fingerprint density at radius 1 is 1.55 bits per heavy atom. The molecule has 0 aromatic rings. The van der Waals surface area contributed by atoms with E-state index in [-0.39, 0.29) is 6.09 Å². The maximum absolute atomic E-state index is 12.1. The molecule has 1 saturated heterocycles. The van der Waals surface area contributed by atoms with Crippen LogP contribution in [0.3, 0.4) is 0 Å². The summed E-state index contributed by atoms with van der Waals surface area (Å²) in [5.74, 6) is 3.10. The van der Waals surface area contributed by atoms with E-state index in [1.54, 1.807) is 0 Å². The number of hydrogen-bond acceptors (Lipinski definition) is 3. The Hall–Kier alpha value is -1.21. The Labute approximate surface area is 123 Å². The molecule has 1 aliphatic rings. The molecule has 2 atom stereocenters. The van der Waals surface area contributed by atoms with Gasteiger partial charge in [0.1, 0.15) is 5.60 Å². The van der Waals surface area contributed by atoms with Gasteiger partial charge in [0.15, 0.2) is 0 Å². The number of carbonyl (C=O) groups excluding carboxylic acids is 1. The van der Waals surface area contributed by atoms with Crippen LogP contribution in [0.15, 0.2) is 0 Å². The van der Waals surface area contributed by atoms with Crippen LogP contribution in [0.4, 0.5) is 4.79 Å². The van der Waals surface area contributed by atoms with Gasteiger partial charge >= 0.3 is 6.09 Å². The van der Waals surface area contributed by atoms with E-state index in [0.717, 1.165) is 38.9 Å².